The number of hydrogen-bond donors (Lipinski definition) is 0. The molecule has 10 fully saturated rings. The Balaban J connectivity index is 0.789. The van der Waals surface area contributed by atoms with Crippen LogP contribution in [0.5, 0.6) is 0 Å². The minimum atomic E-state index is -0.801. The quantitative estimate of drug-likeness (QED) is 0.244. The number of benzene rings is 1. The summed E-state index contributed by atoms with van der Waals surface area (Å²) in [5.74, 6) is 13.6. The van der Waals surface area contributed by atoms with Crippen LogP contribution < -0.4 is 0 Å². The first-order valence-corrected chi connectivity index (χ1v) is 19.7. The van der Waals surface area contributed by atoms with Gasteiger partial charge in [0.25, 0.3) is 0 Å². The van der Waals surface area contributed by atoms with E-state index in [0.29, 0.717) is 23.7 Å². The minimum Gasteiger partial charge on any atom is -0.340 e. The fourth-order valence-electron chi connectivity index (χ4n) is 11.3. The predicted octanol–water partition coefficient (Wildman–Crippen LogP) is 6.84. The van der Waals surface area contributed by atoms with Crippen LogP contribution in [0.25, 0.3) is 0 Å². The highest BCUT2D eigenvalue weighted by atomic mass is 17.3. The molecule has 2 aliphatic carbocycles. The van der Waals surface area contributed by atoms with Crippen molar-refractivity contribution in [3.63, 3.8) is 0 Å². The first-order valence-electron chi connectivity index (χ1n) is 19.7. The van der Waals surface area contributed by atoms with Gasteiger partial charge in [0.1, 0.15) is 13.2 Å². The Morgan fingerprint density at radius 3 is 1.42 bits per heavy atom. The van der Waals surface area contributed by atoms with Gasteiger partial charge >= 0.3 is 0 Å². The van der Waals surface area contributed by atoms with E-state index in [1.807, 2.05) is 38.1 Å². The average molecular weight is 719 g/mol. The Labute approximate surface area is 308 Å². The highest BCUT2D eigenvalue weighted by Crippen LogP contribution is 2.62. The molecule has 8 saturated heterocycles. The van der Waals surface area contributed by atoms with E-state index in [-0.39, 0.29) is 36.9 Å². The molecule has 2 unspecified atom stereocenters. The van der Waals surface area contributed by atoms with Gasteiger partial charge in [-0.15, -0.1) is 0 Å². The zero-order valence-corrected chi connectivity index (χ0v) is 31.4. The third kappa shape index (κ3) is 5.72. The zero-order chi connectivity index (χ0) is 35.9. The van der Waals surface area contributed by atoms with Gasteiger partial charge in [0.2, 0.25) is 11.6 Å². The minimum absolute atomic E-state index is 0.116. The highest BCUT2D eigenvalue weighted by molar-refractivity contribution is 5.42. The van der Waals surface area contributed by atoms with Crippen molar-refractivity contribution < 1.29 is 48.0 Å². The van der Waals surface area contributed by atoms with Gasteiger partial charge in [-0.3, -0.25) is 0 Å². The van der Waals surface area contributed by atoms with Crippen molar-refractivity contribution in [1.29, 1.82) is 0 Å². The van der Waals surface area contributed by atoms with E-state index >= 15 is 0 Å². The van der Waals surface area contributed by atoms with Gasteiger partial charge in [-0.1, -0.05) is 51.4 Å². The van der Waals surface area contributed by atoms with E-state index in [2.05, 4.69) is 51.4 Å². The fourth-order valence-corrected chi connectivity index (χ4v) is 11.3. The van der Waals surface area contributed by atoms with Crippen LogP contribution in [-0.2, 0) is 48.0 Å². The predicted molar refractivity (Wildman–Crippen MR) is 186 cm³/mol. The van der Waals surface area contributed by atoms with Crippen molar-refractivity contribution in [3.8, 4) is 23.7 Å². The number of fused-ring (bicyclic) bond motifs is 4. The van der Waals surface area contributed by atoms with Crippen molar-refractivity contribution in [1.82, 2.24) is 0 Å². The maximum atomic E-state index is 6.51. The van der Waals surface area contributed by atoms with Gasteiger partial charge in [0, 0.05) is 47.6 Å². The van der Waals surface area contributed by atoms with Gasteiger partial charge in [-0.2, -0.15) is 0 Å². The molecule has 0 radical (unpaired) electrons. The van der Waals surface area contributed by atoms with Gasteiger partial charge in [0.05, 0.1) is 0 Å². The van der Waals surface area contributed by atoms with E-state index in [9.17, 15) is 0 Å². The Hall–Kier alpha value is -2.06. The summed E-state index contributed by atoms with van der Waals surface area (Å²) in [4.78, 5) is 24.3. The van der Waals surface area contributed by atoms with Crippen LogP contribution in [0.2, 0.25) is 0 Å². The molecule has 2 spiro atoms. The lowest BCUT2D eigenvalue weighted by Gasteiger charge is -2.60. The lowest BCUT2D eigenvalue weighted by Crippen LogP contribution is -2.70. The summed E-state index contributed by atoms with van der Waals surface area (Å²) in [7, 11) is 0. The smallest absolute Gasteiger partial charge is 0.201 e. The summed E-state index contributed by atoms with van der Waals surface area (Å²) in [6, 6.07) is 7.91. The summed E-state index contributed by atoms with van der Waals surface area (Å²) < 4.78 is 38.4. The molecular formula is C42H54O10. The van der Waals surface area contributed by atoms with Crippen LogP contribution in [0.3, 0.4) is 0 Å². The fraction of sp³-hybridized carbons (Fsp3) is 0.762. The normalized spacial score (nSPS) is 50.0. The molecule has 16 atom stereocenters. The molecule has 282 valence electrons. The second kappa shape index (κ2) is 13.3. The highest BCUT2D eigenvalue weighted by Gasteiger charge is 2.71. The van der Waals surface area contributed by atoms with Crippen molar-refractivity contribution >= 4 is 0 Å². The van der Waals surface area contributed by atoms with E-state index in [0.717, 1.165) is 62.5 Å². The van der Waals surface area contributed by atoms with Crippen LogP contribution in [0.4, 0.5) is 0 Å². The van der Waals surface area contributed by atoms with Crippen LogP contribution in [0, 0.1) is 71.0 Å². The summed E-state index contributed by atoms with van der Waals surface area (Å²) in [6.45, 7) is 13.4. The standard InChI is InChI=1S/C42H54O10/c1-25-11-17-33-27(3)35(45-37-41(33)31(25)19-21-39(5,47-37)49-51-41)43-23-7-9-29-13-15-30(16-14-29)10-8-24-44-36-28(4)34-18-12-26(2)32-20-22-40(6)48-38(46-36)42(32,34)52-50-40/h13-16,25-28,31-38H,11-12,17-24H2,1-6H3/t25-,26-,27-,28-,31+,32+,33+,34+,35?,36?,37-,38-,39-,40-,41-,42-/m1/s1. The molecule has 10 aliphatic rings. The maximum Gasteiger partial charge on any atom is 0.201 e. The van der Waals surface area contributed by atoms with Crippen molar-refractivity contribution in [2.45, 2.75) is 141 Å². The topological polar surface area (TPSA) is 92.3 Å². The zero-order valence-electron chi connectivity index (χ0n) is 31.4. The third-order valence-electron chi connectivity index (χ3n) is 14.2. The number of hydrogen-bond acceptors (Lipinski definition) is 10. The summed E-state index contributed by atoms with van der Waals surface area (Å²) in [5, 5.41) is 0. The molecular weight excluding hydrogens is 664 g/mol. The first kappa shape index (κ1) is 35.6. The molecule has 8 aliphatic heterocycles. The molecule has 4 bridgehead atoms. The molecule has 0 N–H and O–H groups in total. The van der Waals surface area contributed by atoms with Crippen LogP contribution in [-0.4, -0.2) is 61.2 Å². The Bertz CT molecular complexity index is 1510. The van der Waals surface area contributed by atoms with E-state index in [1.165, 1.54) is 0 Å². The number of rotatable bonds is 4. The monoisotopic (exact) mass is 718 g/mol. The first-order chi connectivity index (χ1) is 25.0. The Morgan fingerprint density at radius 1 is 0.577 bits per heavy atom. The number of ether oxygens (including phenoxy) is 6. The summed E-state index contributed by atoms with van der Waals surface area (Å²) in [6.07, 6.45) is 6.07. The molecule has 1 aromatic rings. The van der Waals surface area contributed by atoms with Crippen LogP contribution >= 0.6 is 0 Å². The van der Waals surface area contributed by atoms with Crippen molar-refractivity contribution in [2.75, 3.05) is 13.2 Å². The molecule has 52 heavy (non-hydrogen) atoms. The summed E-state index contributed by atoms with van der Waals surface area (Å²) >= 11 is 0. The molecule has 0 amide bonds. The van der Waals surface area contributed by atoms with Crippen molar-refractivity contribution in [2.24, 2.45) is 47.3 Å². The Kier molecular flexibility index (Phi) is 9.12. The average Bonchev–Trinajstić information content (AvgIpc) is 3.51. The molecule has 0 aromatic heterocycles. The molecule has 1 aromatic carbocycles. The van der Waals surface area contributed by atoms with Crippen LogP contribution in [0.15, 0.2) is 24.3 Å². The van der Waals surface area contributed by atoms with Crippen molar-refractivity contribution in [3.05, 3.63) is 35.4 Å². The Morgan fingerprint density at radius 2 is 1.00 bits per heavy atom. The SMILES string of the molecule is C[C@@H]1CC[C@H]2[C@@H](C)C(OCC#Cc3ccc(C#CCOC4O[C@@H]5O[C@@]6(C)CC[C@H]7[C@H](C)CC[C@@H]([C@H]4C)[C@@]57OO6)cc3)O[C@@H]3O[C@@]4(C)CC[C@@H]1[C@]32OO4. The lowest BCUT2D eigenvalue weighted by molar-refractivity contribution is -0.577. The molecule has 11 rings (SSSR count). The van der Waals surface area contributed by atoms with Gasteiger partial charge in [0.15, 0.2) is 36.4 Å². The summed E-state index contributed by atoms with van der Waals surface area (Å²) in [5.41, 5.74) is 0.604. The second-order valence-corrected chi connectivity index (χ2v) is 17.4. The molecule has 10 nitrogen and oxygen atoms in total. The van der Waals surface area contributed by atoms with E-state index in [4.69, 9.17) is 48.0 Å². The van der Waals surface area contributed by atoms with Gasteiger partial charge in [-0.05, 0) is 100 Å². The van der Waals surface area contributed by atoms with Gasteiger partial charge < -0.3 is 28.4 Å². The second-order valence-electron chi connectivity index (χ2n) is 17.4. The third-order valence-corrected chi connectivity index (χ3v) is 14.2. The lowest BCUT2D eigenvalue weighted by atomic mass is 9.58. The van der Waals surface area contributed by atoms with E-state index < -0.39 is 47.9 Å². The molecule has 10 heteroatoms. The molecule has 8 heterocycles. The molecule has 2 saturated carbocycles. The van der Waals surface area contributed by atoms with E-state index in [1.54, 1.807) is 0 Å². The van der Waals surface area contributed by atoms with Crippen LogP contribution in [0.1, 0.15) is 104 Å². The van der Waals surface area contributed by atoms with Gasteiger partial charge in [-0.25, -0.2) is 19.6 Å². The maximum absolute atomic E-state index is 6.51. The largest absolute Gasteiger partial charge is 0.340 e.